The number of nitrogens with zero attached hydrogens (tertiary/aromatic N) is 3. The van der Waals surface area contributed by atoms with Crippen molar-refractivity contribution in [3.8, 4) is 0 Å². The van der Waals surface area contributed by atoms with Crippen LogP contribution < -0.4 is 11.3 Å². The number of benzene rings is 1. The Balaban J connectivity index is 0.00000192. The number of piperidine rings is 1. The summed E-state index contributed by atoms with van der Waals surface area (Å²) in [6, 6.07) is 5.51. The molecule has 23 heavy (non-hydrogen) atoms. The molecule has 0 bridgehead atoms. The van der Waals surface area contributed by atoms with Crippen LogP contribution in [0.15, 0.2) is 33.8 Å². The fourth-order valence-electron chi connectivity index (χ4n) is 2.64. The predicted molar refractivity (Wildman–Crippen MR) is 94.7 cm³/mol. The van der Waals surface area contributed by atoms with Gasteiger partial charge in [-0.05, 0) is 31.0 Å². The van der Waals surface area contributed by atoms with Crippen LogP contribution in [0.5, 0.6) is 0 Å². The van der Waals surface area contributed by atoms with E-state index in [0.717, 1.165) is 17.3 Å². The number of hydrogen-bond donors (Lipinski definition) is 1. The third-order valence-electron chi connectivity index (χ3n) is 3.98. The van der Waals surface area contributed by atoms with E-state index < -0.39 is 0 Å². The second kappa shape index (κ2) is 7.42. The monoisotopic (exact) mass is 400 g/mol. The molecule has 0 saturated carbocycles. The van der Waals surface area contributed by atoms with Crippen molar-refractivity contribution in [3.05, 3.63) is 39.4 Å². The van der Waals surface area contributed by atoms with Gasteiger partial charge in [0.2, 0.25) is 5.91 Å². The molecule has 0 radical (unpaired) electrons. The average Bonchev–Trinajstić information content (AvgIpc) is 2.51. The number of aromatic nitrogens is 2. The van der Waals surface area contributed by atoms with Crippen molar-refractivity contribution < 1.29 is 4.79 Å². The first kappa shape index (κ1) is 17.9. The van der Waals surface area contributed by atoms with Gasteiger partial charge in [-0.3, -0.25) is 14.2 Å². The molecule has 1 amide bonds. The molecule has 1 saturated heterocycles. The molecule has 124 valence electrons. The molecule has 1 aliphatic heterocycles. The summed E-state index contributed by atoms with van der Waals surface area (Å²) in [7, 11) is 0. The molecule has 3 rings (SSSR count). The summed E-state index contributed by atoms with van der Waals surface area (Å²) in [6.45, 7) is 1.33. The summed E-state index contributed by atoms with van der Waals surface area (Å²) in [5.41, 5.74) is 6.27. The molecule has 0 aliphatic carbocycles. The Hall–Kier alpha value is -1.44. The normalized spacial score (nSPS) is 15.5. The Bertz CT molecular complexity index is 772. The summed E-state index contributed by atoms with van der Waals surface area (Å²) in [4.78, 5) is 30.8. The lowest BCUT2D eigenvalue weighted by Gasteiger charge is -2.30. The molecule has 1 aliphatic rings. The van der Waals surface area contributed by atoms with Gasteiger partial charge in [-0.15, -0.1) is 12.4 Å². The van der Waals surface area contributed by atoms with Crippen molar-refractivity contribution >= 4 is 45.1 Å². The van der Waals surface area contributed by atoms with Crippen LogP contribution in [0.25, 0.3) is 10.9 Å². The number of halogens is 2. The van der Waals surface area contributed by atoms with E-state index in [1.54, 1.807) is 17.0 Å². The van der Waals surface area contributed by atoms with Crippen molar-refractivity contribution in [2.45, 2.75) is 25.4 Å². The minimum Gasteiger partial charge on any atom is -0.341 e. The van der Waals surface area contributed by atoms with E-state index in [9.17, 15) is 9.59 Å². The van der Waals surface area contributed by atoms with Crippen molar-refractivity contribution in [2.24, 2.45) is 5.73 Å². The second-order valence-corrected chi connectivity index (χ2v) is 6.47. The lowest BCUT2D eigenvalue weighted by Crippen LogP contribution is -2.44. The van der Waals surface area contributed by atoms with Crippen LogP contribution in [-0.2, 0) is 11.3 Å². The van der Waals surface area contributed by atoms with Crippen molar-refractivity contribution in [1.29, 1.82) is 0 Å². The zero-order valence-corrected chi connectivity index (χ0v) is 14.8. The molecular weight excluding hydrogens is 384 g/mol. The number of nitrogens with two attached hydrogens (primary N) is 1. The van der Waals surface area contributed by atoms with Gasteiger partial charge in [-0.1, -0.05) is 15.9 Å². The van der Waals surface area contributed by atoms with Crippen LogP contribution in [-0.4, -0.2) is 39.5 Å². The van der Waals surface area contributed by atoms with E-state index in [-0.39, 0.29) is 36.5 Å². The molecule has 1 fully saturated rings. The summed E-state index contributed by atoms with van der Waals surface area (Å²) < 4.78 is 2.18. The Kier molecular flexibility index (Phi) is 5.78. The van der Waals surface area contributed by atoms with Crippen LogP contribution in [0.1, 0.15) is 12.8 Å². The fourth-order valence-corrected chi connectivity index (χ4v) is 3.00. The third kappa shape index (κ3) is 3.91. The minimum absolute atomic E-state index is 0. The average molecular weight is 402 g/mol. The lowest BCUT2D eigenvalue weighted by molar-refractivity contribution is -0.132. The summed E-state index contributed by atoms with van der Waals surface area (Å²) in [6.07, 6.45) is 3.05. The van der Waals surface area contributed by atoms with Gasteiger partial charge in [0.1, 0.15) is 6.54 Å². The zero-order valence-electron chi connectivity index (χ0n) is 12.4. The number of carbonyl (C=O) groups is 1. The van der Waals surface area contributed by atoms with Gasteiger partial charge in [0.15, 0.2) is 0 Å². The van der Waals surface area contributed by atoms with E-state index in [1.807, 2.05) is 6.07 Å². The van der Waals surface area contributed by atoms with Crippen LogP contribution in [0, 0.1) is 0 Å². The van der Waals surface area contributed by atoms with Gasteiger partial charge in [0.25, 0.3) is 5.56 Å². The van der Waals surface area contributed by atoms with E-state index in [1.165, 1.54) is 10.9 Å². The summed E-state index contributed by atoms with van der Waals surface area (Å²) >= 11 is 3.35. The van der Waals surface area contributed by atoms with Crippen LogP contribution >= 0.6 is 28.3 Å². The van der Waals surface area contributed by atoms with Gasteiger partial charge >= 0.3 is 0 Å². The van der Waals surface area contributed by atoms with E-state index >= 15 is 0 Å². The topological polar surface area (TPSA) is 81.2 Å². The highest BCUT2D eigenvalue weighted by atomic mass is 79.9. The lowest BCUT2D eigenvalue weighted by atomic mass is 10.1. The van der Waals surface area contributed by atoms with Crippen molar-refractivity contribution in [2.75, 3.05) is 13.1 Å². The quantitative estimate of drug-likeness (QED) is 0.827. The maximum atomic E-state index is 12.5. The minimum atomic E-state index is -0.201. The van der Waals surface area contributed by atoms with E-state index in [2.05, 4.69) is 20.9 Å². The van der Waals surface area contributed by atoms with Crippen LogP contribution in [0.2, 0.25) is 0 Å². The predicted octanol–water partition coefficient (Wildman–Crippen LogP) is 1.53. The van der Waals surface area contributed by atoms with Gasteiger partial charge in [-0.25, -0.2) is 4.98 Å². The number of hydrogen-bond acceptors (Lipinski definition) is 4. The van der Waals surface area contributed by atoms with Crippen LogP contribution in [0.4, 0.5) is 0 Å². The highest BCUT2D eigenvalue weighted by molar-refractivity contribution is 9.10. The van der Waals surface area contributed by atoms with Crippen molar-refractivity contribution in [1.82, 2.24) is 14.5 Å². The smallest absolute Gasteiger partial charge is 0.261 e. The SMILES string of the molecule is Cl.NC1CCN(C(=O)Cn2cnc3ccc(Br)cc3c2=O)CC1. The Morgan fingerprint density at radius 1 is 1.35 bits per heavy atom. The standard InChI is InChI=1S/C15H17BrN4O2.ClH/c16-10-1-2-13-12(7-10)15(22)20(9-18-13)8-14(21)19-5-3-11(17)4-6-19;/h1-2,7,9,11H,3-6,8,17H2;1H. The molecule has 0 unspecified atom stereocenters. The van der Waals surface area contributed by atoms with Crippen LogP contribution in [0.3, 0.4) is 0 Å². The summed E-state index contributed by atoms with van der Waals surface area (Å²) in [5.74, 6) is -0.0647. The molecule has 2 N–H and O–H groups in total. The van der Waals surface area contributed by atoms with E-state index in [4.69, 9.17) is 5.73 Å². The maximum absolute atomic E-state index is 12.5. The molecule has 1 aromatic heterocycles. The molecule has 1 aromatic carbocycles. The maximum Gasteiger partial charge on any atom is 0.261 e. The molecule has 2 heterocycles. The molecule has 8 heteroatoms. The summed E-state index contributed by atoms with van der Waals surface area (Å²) in [5, 5.41) is 0.505. The number of likely N-dealkylation sites (tertiary alicyclic amines) is 1. The first-order valence-electron chi connectivity index (χ1n) is 7.22. The van der Waals surface area contributed by atoms with Gasteiger partial charge < -0.3 is 10.6 Å². The largest absolute Gasteiger partial charge is 0.341 e. The number of fused-ring (bicyclic) bond motifs is 1. The Morgan fingerprint density at radius 3 is 2.74 bits per heavy atom. The first-order valence-corrected chi connectivity index (χ1v) is 8.02. The molecule has 6 nitrogen and oxygen atoms in total. The Morgan fingerprint density at radius 2 is 2.04 bits per heavy atom. The highest BCUT2D eigenvalue weighted by Gasteiger charge is 2.21. The number of amides is 1. The molecule has 2 aromatic rings. The Labute approximate surface area is 148 Å². The highest BCUT2D eigenvalue weighted by Crippen LogP contribution is 2.15. The molecule has 0 spiro atoms. The molecular formula is C15H18BrClN4O2. The van der Waals surface area contributed by atoms with Gasteiger partial charge in [-0.2, -0.15) is 0 Å². The van der Waals surface area contributed by atoms with Gasteiger partial charge in [0.05, 0.1) is 17.2 Å². The van der Waals surface area contributed by atoms with Gasteiger partial charge in [0, 0.05) is 23.6 Å². The van der Waals surface area contributed by atoms with Crippen molar-refractivity contribution in [3.63, 3.8) is 0 Å². The molecule has 0 atom stereocenters. The van der Waals surface area contributed by atoms with E-state index in [0.29, 0.717) is 24.0 Å². The number of carbonyl (C=O) groups excluding carboxylic acids is 1. The second-order valence-electron chi connectivity index (χ2n) is 5.56. The number of rotatable bonds is 2. The zero-order chi connectivity index (χ0) is 15.7. The first-order chi connectivity index (χ1) is 10.5. The fraction of sp³-hybridized carbons (Fsp3) is 0.400. The third-order valence-corrected chi connectivity index (χ3v) is 4.48.